The number of ether oxygens (including phenoxy) is 1. The summed E-state index contributed by atoms with van der Waals surface area (Å²) >= 11 is 18.3. The van der Waals surface area contributed by atoms with Crippen molar-refractivity contribution in [1.82, 2.24) is 0 Å². The van der Waals surface area contributed by atoms with Gasteiger partial charge >= 0.3 is 0 Å². The van der Waals surface area contributed by atoms with Gasteiger partial charge in [-0.1, -0.05) is 59.1 Å². The lowest BCUT2D eigenvalue weighted by molar-refractivity contribution is -0.112. The van der Waals surface area contributed by atoms with E-state index in [9.17, 15) is 14.4 Å². The summed E-state index contributed by atoms with van der Waals surface area (Å²) in [5.74, 6) is -0.915. The third-order valence-corrected chi connectivity index (χ3v) is 4.85. The summed E-state index contributed by atoms with van der Waals surface area (Å²) in [7, 11) is 0. The fraction of sp³-hybridized carbons (Fsp3) is 0.0435. The number of benzene rings is 3. The number of nitrogens with zero attached hydrogens (tertiary/aromatic N) is 1. The molecule has 0 atom stereocenters. The Morgan fingerprint density at radius 3 is 2.55 bits per heavy atom. The Labute approximate surface area is 193 Å². The normalized spacial score (nSPS) is 11.0. The van der Waals surface area contributed by atoms with Gasteiger partial charge in [0.2, 0.25) is 0 Å². The Morgan fingerprint density at radius 2 is 1.84 bits per heavy atom. The minimum absolute atomic E-state index is 0.106. The van der Waals surface area contributed by atoms with E-state index in [1.807, 2.05) is 6.07 Å². The SMILES string of the molecule is N#C/C(=C\c1cc(Cl)cc(Cl)c1OCc1ccccc1F)C(=O)Nc1cccc(Cl)c1. The van der Waals surface area contributed by atoms with Crippen LogP contribution < -0.4 is 10.1 Å². The Balaban J connectivity index is 1.90. The average molecular weight is 476 g/mol. The van der Waals surface area contributed by atoms with Gasteiger partial charge in [-0.25, -0.2) is 4.39 Å². The summed E-state index contributed by atoms with van der Waals surface area (Å²) < 4.78 is 19.6. The van der Waals surface area contributed by atoms with Gasteiger partial charge in [-0.2, -0.15) is 5.26 Å². The van der Waals surface area contributed by atoms with Crippen LogP contribution in [0.15, 0.2) is 66.2 Å². The zero-order chi connectivity index (χ0) is 22.4. The second-order valence-corrected chi connectivity index (χ2v) is 7.60. The van der Waals surface area contributed by atoms with E-state index in [-0.39, 0.29) is 28.0 Å². The molecule has 0 saturated carbocycles. The molecule has 3 aromatic rings. The third kappa shape index (κ3) is 5.99. The number of nitrogens with one attached hydrogen (secondary N) is 1. The van der Waals surface area contributed by atoms with Crippen molar-refractivity contribution in [3.63, 3.8) is 0 Å². The summed E-state index contributed by atoms with van der Waals surface area (Å²) in [4.78, 5) is 12.6. The molecule has 31 heavy (non-hydrogen) atoms. The molecule has 1 N–H and O–H groups in total. The van der Waals surface area contributed by atoms with Crippen LogP contribution in [0.1, 0.15) is 11.1 Å². The zero-order valence-electron chi connectivity index (χ0n) is 15.8. The van der Waals surface area contributed by atoms with Crippen LogP contribution in [0.2, 0.25) is 15.1 Å². The molecule has 1 amide bonds. The largest absolute Gasteiger partial charge is 0.487 e. The highest BCUT2D eigenvalue weighted by molar-refractivity contribution is 6.36. The Bertz CT molecular complexity index is 1210. The number of amides is 1. The second kappa shape index (κ2) is 10.3. The maximum absolute atomic E-state index is 13.9. The van der Waals surface area contributed by atoms with Crippen LogP contribution in [0, 0.1) is 17.1 Å². The Hall–Kier alpha value is -3.04. The van der Waals surface area contributed by atoms with E-state index in [1.165, 1.54) is 24.3 Å². The molecule has 0 spiro atoms. The highest BCUT2D eigenvalue weighted by atomic mass is 35.5. The smallest absolute Gasteiger partial charge is 0.266 e. The quantitative estimate of drug-likeness (QED) is 0.311. The van der Waals surface area contributed by atoms with Crippen molar-refractivity contribution in [3.8, 4) is 11.8 Å². The number of hydrogen-bond donors (Lipinski definition) is 1. The Morgan fingerprint density at radius 1 is 1.06 bits per heavy atom. The lowest BCUT2D eigenvalue weighted by Gasteiger charge is -2.13. The third-order valence-electron chi connectivity index (χ3n) is 4.11. The van der Waals surface area contributed by atoms with Crippen molar-refractivity contribution < 1.29 is 13.9 Å². The van der Waals surface area contributed by atoms with E-state index in [1.54, 1.807) is 42.5 Å². The van der Waals surface area contributed by atoms with E-state index in [0.29, 0.717) is 21.8 Å². The number of carbonyl (C=O) groups is 1. The van der Waals surface area contributed by atoms with Crippen LogP contribution >= 0.6 is 34.8 Å². The van der Waals surface area contributed by atoms with Gasteiger partial charge < -0.3 is 10.1 Å². The van der Waals surface area contributed by atoms with Gasteiger partial charge in [0.1, 0.15) is 29.8 Å². The number of anilines is 1. The standard InChI is InChI=1S/C23H14Cl3FN2O2/c24-17-5-3-6-19(10-17)29-23(30)16(12-28)8-15-9-18(25)11-20(26)22(15)31-13-14-4-1-2-7-21(14)27/h1-11H,13H2,(H,29,30)/b16-8+. The Kier molecular flexibility index (Phi) is 7.54. The number of rotatable bonds is 6. The predicted molar refractivity (Wildman–Crippen MR) is 121 cm³/mol. The molecule has 0 radical (unpaired) electrons. The number of carbonyl (C=O) groups excluding carboxylic acids is 1. The summed E-state index contributed by atoms with van der Waals surface area (Å²) in [6.07, 6.45) is 1.30. The molecule has 0 bridgehead atoms. The molecule has 0 aliphatic rings. The second-order valence-electron chi connectivity index (χ2n) is 6.32. The molecular weight excluding hydrogens is 462 g/mol. The minimum atomic E-state index is -0.652. The monoisotopic (exact) mass is 474 g/mol. The van der Waals surface area contributed by atoms with Gasteiger partial charge in [0.25, 0.3) is 5.91 Å². The molecule has 0 fully saturated rings. The molecular formula is C23H14Cl3FN2O2. The molecule has 3 rings (SSSR count). The van der Waals surface area contributed by atoms with Crippen LogP contribution in [0.3, 0.4) is 0 Å². The molecule has 4 nitrogen and oxygen atoms in total. The minimum Gasteiger partial charge on any atom is -0.487 e. The van der Waals surface area contributed by atoms with Gasteiger partial charge in [-0.15, -0.1) is 0 Å². The van der Waals surface area contributed by atoms with Crippen LogP contribution in [-0.2, 0) is 11.4 Å². The first-order valence-corrected chi connectivity index (χ1v) is 10.0. The average Bonchev–Trinajstić information content (AvgIpc) is 2.72. The van der Waals surface area contributed by atoms with Crippen molar-refractivity contribution in [3.05, 3.63) is 98.2 Å². The number of halogens is 4. The maximum Gasteiger partial charge on any atom is 0.266 e. The summed E-state index contributed by atoms with van der Waals surface area (Å²) in [6, 6.07) is 17.5. The van der Waals surface area contributed by atoms with E-state index in [0.717, 1.165) is 0 Å². The summed E-state index contributed by atoms with van der Waals surface area (Å²) in [6.45, 7) is -0.106. The lowest BCUT2D eigenvalue weighted by atomic mass is 10.1. The number of nitriles is 1. The van der Waals surface area contributed by atoms with Gasteiger partial charge in [-0.05, 0) is 42.5 Å². The van der Waals surface area contributed by atoms with Crippen molar-refractivity contribution in [2.24, 2.45) is 0 Å². The maximum atomic E-state index is 13.9. The van der Waals surface area contributed by atoms with E-state index < -0.39 is 11.7 Å². The predicted octanol–water partition coefficient (Wildman–Crippen LogP) is 6.91. The first-order valence-electron chi connectivity index (χ1n) is 8.91. The first kappa shape index (κ1) is 22.6. The molecule has 156 valence electrons. The molecule has 0 unspecified atom stereocenters. The summed E-state index contributed by atoms with van der Waals surface area (Å²) in [5.41, 5.74) is 0.835. The first-order chi connectivity index (χ1) is 14.9. The lowest BCUT2D eigenvalue weighted by Crippen LogP contribution is -2.13. The van der Waals surface area contributed by atoms with Gasteiger partial charge in [0.15, 0.2) is 0 Å². The molecule has 3 aromatic carbocycles. The highest BCUT2D eigenvalue weighted by Crippen LogP contribution is 2.34. The molecule has 0 heterocycles. The molecule has 0 saturated heterocycles. The zero-order valence-corrected chi connectivity index (χ0v) is 18.1. The van der Waals surface area contributed by atoms with Gasteiger partial charge in [0, 0.05) is 26.9 Å². The van der Waals surface area contributed by atoms with Crippen molar-refractivity contribution in [2.45, 2.75) is 6.61 Å². The van der Waals surface area contributed by atoms with Crippen molar-refractivity contribution in [2.75, 3.05) is 5.32 Å². The van der Waals surface area contributed by atoms with Crippen LogP contribution in [-0.4, -0.2) is 5.91 Å². The highest BCUT2D eigenvalue weighted by Gasteiger charge is 2.15. The van der Waals surface area contributed by atoms with Crippen molar-refractivity contribution in [1.29, 1.82) is 5.26 Å². The topological polar surface area (TPSA) is 62.1 Å². The van der Waals surface area contributed by atoms with Gasteiger partial charge in [-0.3, -0.25) is 4.79 Å². The molecule has 8 heteroatoms. The molecule has 0 aromatic heterocycles. The van der Waals surface area contributed by atoms with Gasteiger partial charge in [0.05, 0.1) is 5.02 Å². The van der Waals surface area contributed by atoms with Crippen molar-refractivity contribution >= 4 is 52.5 Å². The number of hydrogen-bond acceptors (Lipinski definition) is 3. The fourth-order valence-corrected chi connectivity index (χ4v) is 3.43. The van der Waals surface area contributed by atoms with E-state index in [4.69, 9.17) is 39.5 Å². The van der Waals surface area contributed by atoms with E-state index >= 15 is 0 Å². The van der Waals surface area contributed by atoms with Crippen LogP contribution in [0.5, 0.6) is 5.75 Å². The summed E-state index contributed by atoms with van der Waals surface area (Å²) in [5, 5.41) is 13.0. The van der Waals surface area contributed by atoms with E-state index in [2.05, 4.69) is 5.32 Å². The molecule has 0 aliphatic heterocycles. The molecule has 0 aliphatic carbocycles. The van der Waals surface area contributed by atoms with Crippen LogP contribution in [0.4, 0.5) is 10.1 Å². The fourth-order valence-electron chi connectivity index (χ4n) is 2.67. The van der Waals surface area contributed by atoms with Crippen LogP contribution in [0.25, 0.3) is 6.08 Å².